The van der Waals surface area contributed by atoms with Crippen LogP contribution in [0.4, 0.5) is 4.79 Å². The number of carbonyl (C=O) groups is 2. The molecule has 0 saturated heterocycles. The van der Waals surface area contributed by atoms with E-state index in [-0.39, 0.29) is 11.3 Å². The van der Waals surface area contributed by atoms with Crippen LogP contribution < -0.4 is 29.6 Å². The van der Waals surface area contributed by atoms with Crippen molar-refractivity contribution >= 4 is 49.1 Å². The van der Waals surface area contributed by atoms with Crippen molar-refractivity contribution in [3.8, 4) is 23.0 Å². The summed E-state index contributed by atoms with van der Waals surface area (Å²) in [6, 6.07) is 27.3. The molecular weight excluding hydrogens is 549 g/mol. The van der Waals surface area contributed by atoms with E-state index in [4.69, 9.17) is 18.9 Å². The lowest BCUT2D eigenvalue weighted by molar-refractivity contribution is 0.0731. The van der Waals surface area contributed by atoms with Crippen LogP contribution in [0, 0.1) is 0 Å². The normalized spacial score (nSPS) is 11.2. The average Bonchev–Trinajstić information content (AvgIpc) is 2.96. The van der Waals surface area contributed by atoms with Gasteiger partial charge >= 0.3 is 12.1 Å². The second-order valence-corrected chi connectivity index (χ2v) is 10.8. The van der Waals surface area contributed by atoms with Gasteiger partial charge in [0, 0.05) is 0 Å². The van der Waals surface area contributed by atoms with Crippen molar-refractivity contribution in [2.75, 3.05) is 19.7 Å². The zero-order valence-electron chi connectivity index (χ0n) is 21.6. The van der Waals surface area contributed by atoms with Crippen molar-refractivity contribution in [2.24, 2.45) is 0 Å². The molecule has 0 bridgehead atoms. The Morgan fingerprint density at radius 1 is 0.667 bits per heavy atom. The molecule has 4 rings (SSSR count). The molecule has 0 aliphatic heterocycles. The zero-order chi connectivity index (χ0) is 27.6. The van der Waals surface area contributed by atoms with Gasteiger partial charge in [-0.25, -0.2) is 9.59 Å². The minimum absolute atomic E-state index is 0.0521. The number of carbonyl (C=O) groups excluding carboxylic acids is 2. The average molecular weight is 578 g/mol. The molecule has 200 valence electrons. The van der Waals surface area contributed by atoms with Gasteiger partial charge < -0.3 is 18.9 Å². The molecule has 0 fully saturated rings. The molecular formula is C30H29O6P3. The van der Waals surface area contributed by atoms with Crippen LogP contribution in [0.3, 0.4) is 0 Å². The second-order valence-electron chi connectivity index (χ2n) is 8.35. The molecule has 0 radical (unpaired) electrons. The number of esters is 1. The van der Waals surface area contributed by atoms with Gasteiger partial charge in [0.15, 0.2) is 0 Å². The number of rotatable bonds is 10. The molecule has 0 aliphatic rings. The molecule has 4 aromatic rings. The highest BCUT2D eigenvalue weighted by atomic mass is 31.1. The molecule has 3 atom stereocenters. The summed E-state index contributed by atoms with van der Waals surface area (Å²) >= 11 is 0. The first-order valence-electron chi connectivity index (χ1n) is 12.2. The van der Waals surface area contributed by atoms with E-state index in [2.05, 4.69) is 22.6 Å². The Balaban J connectivity index is 1.55. The van der Waals surface area contributed by atoms with Gasteiger partial charge in [0.05, 0.1) is 0 Å². The van der Waals surface area contributed by atoms with Gasteiger partial charge in [-0.2, -0.15) is 0 Å². The van der Waals surface area contributed by atoms with E-state index >= 15 is 0 Å². The maximum atomic E-state index is 13.3. The number of ether oxygens (including phenoxy) is 4. The first-order valence-corrected chi connectivity index (χ1v) is 16.0. The molecule has 0 saturated carbocycles. The van der Waals surface area contributed by atoms with Crippen LogP contribution in [0.15, 0.2) is 91.0 Å². The summed E-state index contributed by atoms with van der Waals surface area (Å²) in [5, 5.41) is 2.31. The Bertz CT molecular complexity index is 1400. The Labute approximate surface area is 234 Å². The highest BCUT2D eigenvalue weighted by Gasteiger charge is 2.20. The Kier molecular flexibility index (Phi) is 10.5. The Morgan fingerprint density at radius 2 is 1.21 bits per heavy atom. The van der Waals surface area contributed by atoms with Crippen molar-refractivity contribution in [3.05, 3.63) is 108 Å². The number of hydrogen-bond donors (Lipinski definition) is 0. The summed E-state index contributed by atoms with van der Waals surface area (Å²) in [6.07, 6.45) is 0.130. The maximum absolute atomic E-state index is 13.3. The van der Waals surface area contributed by atoms with E-state index in [1.807, 2.05) is 48.5 Å². The van der Waals surface area contributed by atoms with E-state index < -0.39 is 12.1 Å². The molecule has 6 nitrogen and oxygen atoms in total. The standard InChI is InChI=1S/C30H29O6P3/c1-38-25-12-8-23(9-13-25)34-29(31)27-18-21(17-20-3-6-22(7-4-20)33-19-37)5-16-28(27)36-30(32)35-24-10-14-26(39-2)15-11-24/h3-16,18,38-39H,17,19,37H2,1-2H3. The van der Waals surface area contributed by atoms with E-state index in [0.717, 1.165) is 27.5 Å². The van der Waals surface area contributed by atoms with Gasteiger partial charge in [-0.1, -0.05) is 68.9 Å². The SMILES string of the molecule is CPc1ccc(OC(=O)Oc2ccc(Cc3ccc(OCP)cc3)cc2C(=O)Oc2ccc(PC)cc2)cc1. The fourth-order valence-corrected chi connectivity index (χ4v) is 4.91. The van der Waals surface area contributed by atoms with Gasteiger partial charge in [0.25, 0.3) is 0 Å². The van der Waals surface area contributed by atoms with Crippen molar-refractivity contribution in [2.45, 2.75) is 6.42 Å². The van der Waals surface area contributed by atoms with Crippen LogP contribution >= 0.6 is 26.4 Å². The van der Waals surface area contributed by atoms with Gasteiger partial charge in [0.1, 0.15) is 34.9 Å². The van der Waals surface area contributed by atoms with Crippen LogP contribution in [0.25, 0.3) is 0 Å². The summed E-state index contributed by atoms with van der Waals surface area (Å²) < 4.78 is 21.9. The molecule has 0 spiro atoms. The van der Waals surface area contributed by atoms with Gasteiger partial charge in [-0.3, -0.25) is 0 Å². The third kappa shape index (κ3) is 8.35. The topological polar surface area (TPSA) is 71.1 Å². The zero-order valence-corrected chi connectivity index (χ0v) is 24.8. The molecule has 4 aromatic carbocycles. The number of hydrogen-bond acceptors (Lipinski definition) is 6. The number of benzene rings is 4. The fraction of sp³-hybridized carbons (Fsp3) is 0.133. The molecule has 39 heavy (non-hydrogen) atoms. The van der Waals surface area contributed by atoms with Crippen molar-refractivity contribution in [1.82, 2.24) is 0 Å². The van der Waals surface area contributed by atoms with E-state index in [1.165, 1.54) is 0 Å². The largest absolute Gasteiger partial charge is 0.519 e. The molecule has 3 unspecified atom stereocenters. The van der Waals surface area contributed by atoms with Crippen LogP contribution in [0.2, 0.25) is 0 Å². The lowest BCUT2D eigenvalue weighted by Crippen LogP contribution is -2.18. The molecule has 0 amide bonds. The lowest BCUT2D eigenvalue weighted by atomic mass is 10.0. The van der Waals surface area contributed by atoms with E-state index in [9.17, 15) is 9.59 Å². The molecule has 0 aromatic heterocycles. The maximum Gasteiger partial charge on any atom is 0.519 e. The summed E-state index contributed by atoms with van der Waals surface area (Å²) in [5.74, 6) is 0.954. The molecule has 9 heteroatoms. The summed E-state index contributed by atoms with van der Waals surface area (Å²) in [4.78, 5) is 25.8. The molecule has 0 aliphatic carbocycles. The Morgan fingerprint density at radius 3 is 1.77 bits per heavy atom. The van der Waals surface area contributed by atoms with Crippen LogP contribution in [-0.4, -0.2) is 31.8 Å². The summed E-state index contributed by atoms with van der Waals surface area (Å²) in [7, 11) is 3.80. The first-order chi connectivity index (χ1) is 19.0. The minimum Gasteiger partial charge on any atom is -0.490 e. The Hall–Kier alpha value is -3.29. The third-order valence-electron chi connectivity index (χ3n) is 5.74. The van der Waals surface area contributed by atoms with E-state index in [0.29, 0.717) is 41.4 Å². The second kappa shape index (κ2) is 14.2. The van der Waals surface area contributed by atoms with E-state index in [1.54, 1.807) is 42.5 Å². The van der Waals surface area contributed by atoms with Gasteiger partial charge in [-0.15, -0.1) is 0 Å². The van der Waals surface area contributed by atoms with Crippen LogP contribution in [0.1, 0.15) is 21.5 Å². The highest BCUT2D eigenvalue weighted by molar-refractivity contribution is 7.46. The minimum atomic E-state index is -0.943. The van der Waals surface area contributed by atoms with Crippen LogP contribution in [-0.2, 0) is 6.42 Å². The lowest BCUT2D eigenvalue weighted by Gasteiger charge is -2.13. The summed E-state index contributed by atoms with van der Waals surface area (Å²) in [5.41, 5.74) is 2.00. The van der Waals surface area contributed by atoms with Crippen LogP contribution in [0.5, 0.6) is 23.0 Å². The monoisotopic (exact) mass is 578 g/mol. The van der Waals surface area contributed by atoms with Crippen molar-refractivity contribution in [1.29, 1.82) is 0 Å². The van der Waals surface area contributed by atoms with Crippen molar-refractivity contribution < 1.29 is 28.5 Å². The smallest absolute Gasteiger partial charge is 0.490 e. The fourth-order valence-electron chi connectivity index (χ4n) is 3.72. The first kappa shape index (κ1) is 28.7. The predicted molar refractivity (Wildman–Crippen MR) is 163 cm³/mol. The quantitative estimate of drug-likeness (QED) is 0.0973. The van der Waals surface area contributed by atoms with Crippen molar-refractivity contribution in [3.63, 3.8) is 0 Å². The third-order valence-corrected chi connectivity index (χ3v) is 7.72. The summed E-state index contributed by atoms with van der Waals surface area (Å²) in [6.45, 7) is 4.15. The van der Waals surface area contributed by atoms with Gasteiger partial charge in [0.2, 0.25) is 0 Å². The molecule has 0 N–H and O–H groups in total. The van der Waals surface area contributed by atoms with Gasteiger partial charge in [-0.05, 0) is 90.0 Å². The molecule has 0 heterocycles. The highest BCUT2D eigenvalue weighted by Crippen LogP contribution is 2.26. The predicted octanol–water partition coefficient (Wildman–Crippen LogP) is 6.15.